The number of halogens is 1. The van der Waals surface area contributed by atoms with Gasteiger partial charge in [0.2, 0.25) is 11.9 Å². The minimum Gasteiger partial charge on any atom is -0.355 e. The number of likely N-dealkylation sites (N-methyl/N-ethyl adjacent to an activating group) is 1. The molecule has 3 heterocycles. The smallest absolute Gasteiger partial charge is 0.252 e. The summed E-state index contributed by atoms with van der Waals surface area (Å²) in [6.45, 7) is 3.22. The highest BCUT2D eigenvalue weighted by Crippen LogP contribution is 2.25. The topological polar surface area (TPSA) is 100 Å². The largest absolute Gasteiger partial charge is 0.355 e. The SMILES string of the molecule is CCNc1ncc(-c2cc(C(=O)N[C@H]3CCN(C)C3=O)c3ccc(F)cc3n2)cn1. The lowest BCUT2D eigenvalue weighted by molar-refractivity contribution is -0.128. The van der Waals surface area contributed by atoms with E-state index in [1.165, 1.54) is 18.2 Å². The summed E-state index contributed by atoms with van der Waals surface area (Å²) in [6.07, 6.45) is 3.73. The van der Waals surface area contributed by atoms with Gasteiger partial charge in [-0.05, 0) is 31.5 Å². The standard InChI is InChI=1S/C21H21FN6O2/c1-3-23-21-24-10-12(11-25-21)17-9-15(14-5-4-13(22)8-18(14)26-17)19(29)27-16-6-7-28(2)20(16)30/h4-5,8-11,16H,3,6-7H2,1-2H3,(H,27,29)(H,23,24,25)/t16-/m0/s1. The summed E-state index contributed by atoms with van der Waals surface area (Å²) in [5, 5.41) is 6.30. The number of nitrogens with zero attached hydrogens (tertiary/aromatic N) is 4. The maximum atomic E-state index is 13.8. The van der Waals surface area contributed by atoms with Crippen LogP contribution in [0.1, 0.15) is 23.7 Å². The first-order valence-electron chi connectivity index (χ1n) is 9.68. The summed E-state index contributed by atoms with van der Waals surface area (Å²) in [4.78, 5) is 39.7. The maximum absolute atomic E-state index is 13.8. The molecule has 0 radical (unpaired) electrons. The van der Waals surface area contributed by atoms with Crippen molar-refractivity contribution in [2.45, 2.75) is 19.4 Å². The summed E-state index contributed by atoms with van der Waals surface area (Å²) < 4.78 is 13.8. The number of pyridine rings is 1. The first-order chi connectivity index (χ1) is 14.5. The zero-order valence-electron chi connectivity index (χ0n) is 16.6. The van der Waals surface area contributed by atoms with Crippen LogP contribution in [0.5, 0.6) is 0 Å². The predicted molar refractivity (Wildman–Crippen MR) is 110 cm³/mol. The molecular weight excluding hydrogens is 387 g/mol. The van der Waals surface area contributed by atoms with E-state index in [1.54, 1.807) is 30.4 Å². The summed E-state index contributed by atoms with van der Waals surface area (Å²) in [5.74, 6) is -0.505. The number of rotatable bonds is 5. The van der Waals surface area contributed by atoms with Crippen LogP contribution in [0.4, 0.5) is 10.3 Å². The van der Waals surface area contributed by atoms with Crippen molar-refractivity contribution in [3.05, 3.63) is 48.0 Å². The van der Waals surface area contributed by atoms with Crippen LogP contribution in [-0.2, 0) is 4.79 Å². The molecule has 1 aliphatic rings. The normalized spacial score (nSPS) is 16.2. The number of benzene rings is 1. The van der Waals surface area contributed by atoms with Crippen LogP contribution in [0.3, 0.4) is 0 Å². The second-order valence-electron chi connectivity index (χ2n) is 7.12. The molecule has 4 rings (SSSR count). The number of aromatic nitrogens is 3. The molecule has 0 saturated carbocycles. The van der Waals surface area contributed by atoms with E-state index >= 15 is 0 Å². The van der Waals surface area contributed by atoms with Crippen molar-refractivity contribution in [2.75, 3.05) is 25.5 Å². The highest BCUT2D eigenvalue weighted by atomic mass is 19.1. The van der Waals surface area contributed by atoms with E-state index < -0.39 is 17.8 Å². The van der Waals surface area contributed by atoms with Crippen molar-refractivity contribution < 1.29 is 14.0 Å². The van der Waals surface area contributed by atoms with E-state index in [1.807, 2.05) is 6.92 Å². The number of amides is 2. The molecule has 1 saturated heterocycles. The van der Waals surface area contributed by atoms with Crippen molar-refractivity contribution >= 4 is 28.7 Å². The molecule has 1 atom stereocenters. The Morgan fingerprint density at radius 1 is 1.27 bits per heavy atom. The van der Waals surface area contributed by atoms with Gasteiger partial charge in [-0.15, -0.1) is 0 Å². The number of hydrogen-bond donors (Lipinski definition) is 2. The molecule has 154 valence electrons. The maximum Gasteiger partial charge on any atom is 0.252 e. The third-order valence-corrected chi connectivity index (χ3v) is 5.03. The lowest BCUT2D eigenvalue weighted by Crippen LogP contribution is -2.40. The lowest BCUT2D eigenvalue weighted by Gasteiger charge is -2.14. The number of fused-ring (bicyclic) bond motifs is 1. The average molecular weight is 408 g/mol. The molecule has 1 aliphatic heterocycles. The molecule has 1 aromatic carbocycles. The van der Waals surface area contributed by atoms with Gasteiger partial charge in [0.25, 0.3) is 5.91 Å². The molecular formula is C21H21FN6O2. The van der Waals surface area contributed by atoms with E-state index in [0.29, 0.717) is 53.2 Å². The lowest BCUT2D eigenvalue weighted by atomic mass is 10.0. The Balaban J connectivity index is 1.74. The van der Waals surface area contributed by atoms with Gasteiger partial charge >= 0.3 is 0 Å². The van der Waals surface area contributed by atoms with Crippen LogP contribution in [0.25, 0.3) is 22.2 Å². The van der Waals surface area contributed by atoms with Crippen LogP contribution in [0.15, 0.2) is 36.7 Å². The number of anilines is 1. The van der Waals surface area contributed by atoms with Crippen LogP contribution in [0, 0.1) is 5.82 Å². The Bertz CT molecular complexity index is 1120. The monoisotopic (exact) mass is 408 g/mol. The molecule has 8 nitrogen and oxygen atoms in total. The number of nitrogens with one attached hydrogen (secondary N) is 2. The van der Waals surface area contributed by atoms with Gasteiger partial charge < -0.3 is 15.5 Å². The fourth-order valence-corrected chi connectivity index (χ4v) is 3.44. The van der Waals surface area contributed by atoms with Gasteiger partial charge in [-0.1, -0.05) is 0 Å². The Kier molecular flexibility index (Phi) is 5.26. The van der Waals surface area contributed by atoms with Crippen LogP contribution >= 0.6 is 0 Å². The molecule has 2 amide bonds. The highest BCUT2D eigenvalue weighted by molar-refractivity contribution is 6.08. The van der Waals surface area contributed by atoms with E-state index in [9.17, 15) is 14.0 Å². The van der Waals surface area contributed by atoms with E-state index in [-0.39, 0.29) is 5.91 Å². The molecule has 30 heavy (non-hydrogen) atoms. The zero-order valence-corrected chi connectivity index (χ0v) is 16.6. The van der Waals surface area contributed by atoms with Gasteiger partial charge in [0.1, 0.15) is 11.9 Å². The van der Waals surface area contributed by atoms with Gasteiger partial charge in [0, 0.05) is 49.5 Å². The number of likely N-dealkylation sites (tertiary alicyclic amines) is 1. The Hall–Kier alpha value is -3.62. The minimum atomic E-state index is -0.572. The van der Waals surface area contributed by atoms with Gasteiger partial charge in [0.15, 0.2) is 0 Å². The van der Waals surface area contributed by atoms with Crippen LogP contribution < -0.4 is 10.6 Å². The molecule has 0 bridgehead atoms. The minimum absolute atomic E-state index is 0.125. The molecule has 0 spiro atoms. The first-order valence-corrected chi connectivity index (χ1v) is 9.68. The second kappa shape index (κ2) is 8.02. The number of hydrogen-bond acceptors (Lipinski definition) is 6. The molecule has 9 heteroatoms. The molecule has 1 fully saturated rings. The Labute approximate surface area is 172 Å². The van der Waals surface area contributed by atoms with Gasteiger partial charge in [-0.2, -0.15) is 0 Å². The third-order valence-electron chi connectivity index (χ3n) is 5.03. The molecule has 0 aliphatic carbocycles. The second-order valence-corrected chi connectivity index (χ2v) is 7.12. The van der Waals surface area contributed by atoms with Crippen molar-refractivity contribution in [1.82, 2.24) is 25.2 Å². The van der Waals surface area contributed by atoms with Gasteiger partial charge in [-0.25, -0.2) is 19.3 Å². The van der Waals surface area contributed by atoms with Gasteiger partial charge in [-0.3, -0.25) is 9.59 Å². The van der Waals surface area contributed by atoms with Crippen molar-refractivity contribution in [3.8, 4) is 11.3 Å². The fourth-order valence-electron chi connectivity index (χ4n) is 3.44. The fraction of sp³-hybridized carbons (Fsp3) is 0.286. The average Bonchev–Trinajstić information content (AvgIpc) is 3.05. The van der Waals surface area contributed by atoms with E-state index in [4.69, 9.17) is 0 Å². The molecule has 2 aromatic heterocycles. The summed E-state index contributed by atoms with van der Waals surface area (Å²) >= 11 is 0. The van der Waals surface area contributed by atoms with Crippen LogP contribution in [0.2, 0.25) is 0 Å². The third kappa shape index (κ3) is 3.78. The van der Waals surface area contributed by atoms with Crippen molar-refractivity contribution in [2.24, 2.45) is 0 Å². The number of carbonyl (C=O) groups excluding carboxylic acids is 2. The highest BCUT2D eigenvalue weighted by Gasteiger charge is 2.31. The Morgan fingerprint density at radius 3 is 2.70 bits per heavy atom. The molecule has 0 unspecified atom stereocenters. The predicted octanol–water partition coefficient (Wildman–Crippen LogP) is 2.22. The quantitative estimate of drug-likeness (QED) is 0.672. The van der Waals surface area contributed by atoms with Crippen LogP contribution in [-0.4, -0.2) is 57.8 Å². The van der Waals surface area contributed by atoms with Crippen molar-refractivity contribution in [3.63, 3.8) is 0 Å². The summed E-state index contributed by atoms with van der Waals surface area (Å²) in [6, 6.07) is 5.12. The summed E-state index contributed by atoms with van der Waals surface area (Å²) in [5.41, 5.74) is 1.68. The Morgan fingerprint density at radius 2 is 2.03 bits per heavy atom. The van der Waals surface area contributed by atoms with E-state index in [2.05, 4.69) is 25.6 Å². The van der Waals surface area contributed by atoms with Crippen molar-refractivity contribution in [1.29, 1.82) is 0 Å². The number of carbonyl (C=O) groups is 2. The zero-order chi connectivity index (χ0) is 21.3. The molecule has 3 aromatic rings. The summed E-state index contributed by atoms with van der Waals surface area (Å²) in [7, 11) is 1.70. The first kappa shape index (κ1) is 19.7. The van der Waals surface area contributed by atoms with E-state index in [0.717, 1.165) is 0 Å². The van der Waals surface area contributed by atoms with Gasteiger partial charge in [0.05, 0.1) is 16.8 Å². The molecule has 2 N–H and O–H groups in total.